The van der Waals surface area contributed by atoms with Gasteiger partial charge in [-0.25, -0.2) is 9.67 Å². The van der Waals surface area contributed by atoms with E-state index in [1.165, 1.54) is 0 Å². The monoisotopic (exact) mass is 378 g/mol. The first-order chi connectivity index (χ1) is 13.6. The number of pyridine rings is 1. The summed E-state index contributed by atoms with van der Waals surface area (Å²) < 4.78 is 13.2. The summed E-state index contributed by atoms with van der Waals surface area (Å²) in [6.07, 6.45) is 2.81. The van der Waals surface area contributed by atoms with Crippen LogP contribution in [0.5, 0.6) is 11.5 Å². The molecule has 0 N–H and O–H groups in total. The minimum Gasteiger partial charge on any atom is -0.486 e. The SMILES string of the molecule is CC(C)n1ncc2c(C(=O)N3CCC3)cc(-c3ccc4c(c3)OCCO4)nc21. The fourth-order valence-corrected chi connectivity index (χ4v) is 3.61. The smallest absolute Gasteiger partial charge is 0.254 e. The predicted octanol–water partition coefficient (Wildman–Crippen LogP) is 3.30. The van der Waals surface area contributed by atoms with Crippen molar-refractivity contribution in [2.24, 2.45) is 0 Å². The van der Waals surface area contributed by atoms with Gasteiger partial charge in [0.15, 0.2) is 17.1 Å². The molecule has 0 bridgehead atoms. The number of hydrogen-bond donors (Lipinski definition) is 0. The number of fused-ring (bicyclic) bond motifs is 2. The molecule has 4 heterocycles. The van der Waals surface area contributed by atoms with E-state index in [4.69, 9.17) is 14.5 Å². The number of carbonyl (C=O) groups excluding carboxylic acids is 1. The molecular weight excluding hydrogens is 356 g/mol. The highest BCUT2D eigenvalue weighted by molar-refractivity contribution is 6.06. The average Bonchev–Trinajstić information content (AvgIpc) is 3.09. The number of rotatable bonds is 3. The van der Waals surface area contributed by atoms with Gasteiger partial charge in [0.05, 0.1) is 22.8 Å². The van der Waals surface area contributed by atoms with Crippen molar-refractivity contribution < 1.29 is 14.3 Å². The third-order valence-corrected chi connectivity index (χ3v) is 5.27. The Morgan fingerprint density at radius 3 is 2.61 bits per heavy atom. The van der Waals surface area contributed by atoms with Crippen LogP contribution < -0.4 is 9.47 Å². The van der Waals surface area contributed by atoms with Crippen molar-refractivity contribution in [1.82, 2.24) is 19.7 Å². The van der Waals surface area contributed by atoms with Crippen molar-refractivity contribution in [2.45, 2.75) is 26.3 Å². The standard InChI is InChI=1S/C21H22N4O3/c1-13(2)25-20-16(12-22-25)15(21(26)24-6-3-7-24)11-17(23-20)14-4-5-18-19(10-14)28-9-8-27-18/h4-5,10-13H,3,6-9H2,1-2H3. The lowest BCUT2D eigenvalue weighted by atomic mass is 10.0. The van der Waals surface area contributed by atoms with E-state index in [0.717, 1.165) is 47.6 Å². The number of amides is 1. The van der Waals surface area contributed by atoms with Gasteiger partial charge in [-0.3, -0.25) is 4.79 Å². The first kappa shape index (κ1) is 17.0. The van der Waals surface area contributed by atoms with Crippen molar-refractivity contribution in [2.75, 3.05) is 26.3 Å². The highest BCUT2D eigenvalue weighted by Gasteiger charge is 2.26. The molecule has 3 aromatic rings. The zero-order valence-electron chi connectivity index (χ0n) is 16.0. The molecule has 0 unspecified atom stereocenters. The van der Waals surface area contributed by atoms with Crippen molar-refractivity contribution in [1.29, 1.82) is 0 Å². The molecule has 0 radical (unpaired) electrons. The van der Waals surface area contributed by atoms with E-state index in [-0.39, 0.29) is 11.9 Å². The molecule has 0 aliphatic carbocycles. The molecule has 1 amide bonds. The maximum atomic E-state index is 13.1. The number of nitrogens with zero attached hydrogens (tertiary/aromatic N) is 4. The summed E-state index contributed by atoms with van der Waals surface area (Å²) in [4.78, 5) is 19.8. The summed E-state index contributed by atoms with van der Waals surface area (Å²) >= 11 is 0. The molecule has 2 aliphatic rings. The third-order valence-electron chi connectivity index (χ3n) is 5.27. The third kappa shape index (κ3) is 2.69. The zero-order valence-corrected chi connectivity index (χ0v) is 16.0. The maximum Gasteiger partial charge on any atom is 0.254 e. The summed E-state index contributed by atoms with van der Waals surface area (Å²) in [7, 11) is 0. The zero-order chi connectivity index (χ0) is 19.3. The number of carbonyl (C=O) groups is 1. The predicted molar refractivity (Wildman–Crippen MR) is 105 cm³/mol. The summed E-state index contributed by atoms with van der Waals surface area (Å²) in [5, 5.41) is 5.28. The Labute approximate surface area is 162 Å². The summed E-state index contributed by atoms with van der Waals surface area (Å²) in [6.45, 7) is 6.81. The van der Waals surface area contributed by atoms with Crippen LogP contribution in [0.1, 0.15) is 36.7 Å². The Morgan fingerprint density at radius 2 is 1.89 bits per heavy atom. The van der Waals surface area contributed by atoms with Crippen molar-refractivity contribution in [3.05, 3.63) is 36.0 Å². The van der Waals surface area contributed by atoms with Gasteiger partial charge in [0, 0.05) is 24.7 Å². The number of likely N-dealkylation sites (tertiary alicyclic amines) is 1. The molecule has 1 saturated heterocycles. The van der Waals surface area contributed by atoms with Crippen LogP contribution >= 0.6 is 0 Å². The summed E-state index contributed by atoms with van der Waals surface area (Å²) in [5.74, 6) is 1.49. The highest BCUT2D eigenvalue weighted by Crippen LogP contribution is 2.35. The van der Waals surface area contributed by atoms with E-state index in [2.05, 4.69) is 18.9 Å². The lowest BCUT2D eigenvalue weighted by Gasteiger charge is -2.31. The largest absolute Gasteiger partial charge is 0.486 e. The van der Waals surface area contributed by atoms with Gasteiger partial charge in [-0.2, -0.15) is 5.10 Å². The minimum absolute atomic E-state index is 0.0424. The lowest BCUT2D eigenvalue weighted by Crippen LogP contribution is -2.42. The Balaban J connectivity index is 1.68. The molecule has 1 aromatic carbocycles. The van der Waals surface area contributed by atoms with Crippen LogP contribution in [0.4, 0.5) is 0 Å². The molecular formula is C21H22N4O3. The van der Waals surface area contributed by atoms with Gasteiger partial charge in [0.1, 0.15) is 13.2 Å². The van der Waals surface area contributed by atoms with Gasteiger partial charge in [-0.15, -0.1) is 0 Å². The number of ether oxygens (including phenoxy) is 2. The highest BCUT2D eigenvalue weighted by atomic mass is 16.6. The fraction of sp³-hybridized carbons (Fsp3) is 0.381. The minimum atomic E-state index is 0.0424. The van der Waals surface area contributed by atoms with Gasteiger partial charge in [0.2, 0.25) is 0 Å². The van der Waals surface area contributed by atoms with Crippen LogP contribution in [-0.2, 0) is 0 Å². The van der Waals surface area contributed by atoms with E-state index >= 15 is 0 Å². The van der Waals surface area contributed by atoms with Crippen molar-refractivity contribution in [3.8, 4) is 22.8 Å². The van der Waals surface area contributed by atoms with Crippen LogP contribution in [0, 0.1) is 0 Å². The maximum absolute atomic E-state index is 13.1. The number of aromatic nitrogens is 3. The molecule has 144 valence electrons. The first-order valence-corrected chi connectivity index (χ1v) is 9.69. The Bertz CT molecular complexity index is 1070. The van der Waals surface area contributed by atoms with Gasteiger partial charge in [-0.1, -0.05) is 0 Å². The van der Waals surface area contributed by atoms with Crippen LogP contribution in [0.3, 0.4) is 0 Å². The molecule has 28 heavy (non-hydrogen) atoms. The second kappa shape index (κ2) is 6.51. The molecule has 0 spiro atoms. The Morgan fingerprint density at radius 1 is 1.11 bits per heavy atom. The van der Waals surface area contributed by atoms with Crippen molar-refractivity contribution >= 4 is 16.9 Å². The van der Waals surface area contributed by atoms with E-state index in [9.17, 15) is 4.79 Å². The lowest BCUT2D eigenvalue weighted by molar-refractivity contribution is 0.0654. The molecule has 1 fully saturated rings. The molecule has 0 saturated carbocycles. The number of hydrogen-bond acceptors (Lipinski definition) is 5. The molecule has 7 nitrogen and oxygen atoms in total. The Hall–Kier alpha value is -3.09. The van der Waals surface area contributed by atoms with Gasteiger partial charge in [-0.05, 0) is 44.5 Å². The van der Waals surface area contributed by atoms with Crippen LogP contribution in [0.25, 0.3) is 22.3 Å². The second-order valence-corrected chi connectivity index (χ2v) is 7.48. The quantitative estimate of drug-likeness (QED) is 0.699. The van der Waals surface area contributed by atoms with Gasteiger partial charge < -0.3 is 14.4 Å². The molecule has 2 aliphatic heterocycles. The summed E-state index contributed by atoms with van der Waals surface area (Å²) in [6, 6.07) is 7.80. The topological polar surface area (TPSA) is 69.5 Å². The van der Waals surface area contributed by atoms with E-state index in [0.29, 0.717) is 24.5 Å². The molecule has 7 heteroatoms. The number of benzene rings is 1. The fourth-order valence-electron chi connectivity index (χ4n) is 3.61. The second-order valence-electron chi connectivity index (χ2n) is 7.48. The first-order valence-electron chi connectivity index (χ1n) is 9.69. The average molecular weight is 378 g/mol. The molecule has 5 rings (SSSR count). The van der Waals surface area contributed by atoms with Crippen LogP contribution in [0.2, 0.25) is 0 Å². The van der Waals surface area contributed by atoms with E-state index in [1.807, 2.05) is 33.8 Å². The van der Waals surface area contributed by atoms with E-state index < -0.39 is 0 Å². The van der Waals surface area contributed by atoms with Crippen molar-refractivity contribution in [3.63, 3.8) is 0 Å². The van der Waals surface area contributed by atoms with E-state index in [1.54, 1.807) is 6.20 Å². The van der Waals surface area contributed by atoms with Gasteiger partial charge in [0.25, 0.3) is 5.91 Å². The molecule has 0 atom stereocenters. The van der Waals surface area contributed by atoms with Crippen LogP contribution in [-0.4, -0.2) is 51.9 Å². The van der Waals surface area contributed by atoms with Crippen LogP contribution in [0.15, 0.2) is 30.5 Å². The summed E-state index contributed by atoms with van der Waals surface area (Å²) in [5.41, 5.74) is 3.00. The molecule has 2 aromatic heterocycles. The Kier molecular flexibility index (Phi) is 3.96. The van der Waals surface area contributed by atoms with Gasteiger partial charge >= 0.3 is 0 Å². The normalized spacial score (nSPS) is 15.8.